The van der Waals surface area contributed by atoms with Crippen LogP contribution in [0, 0.1) is 0 Å². The maximum atomic E-state index is 12.3. The molecule has 0 aromatic heterocycles. The second-order valence-electron chi connectivity index (χ2n) is 6.79. The van der Waals surface area contributed by atoms with Gasteiger partial charge in [-0.2, -0.15) is 0 Å². The van der Waals surface area contributed by atoms with Gasteiger partial charge in [0.15, 0.2) is 0 Å². The van der Waals surface area contributed by atoms with Crippen molar-refractivity contribution in [3.63, 3.8) is 0 Å². The van der Waals surface area contributed by atoms with Crippen LogP contribution in [0.5, 0.6) is 11.5 Å². The highest BCUT2D eigenvalue weighted by atomic mass is 16.7. The first-order valence-electron chi connectivity index (χ1n) is 9.71. The fourth-order valence-corrected chi connectivity index (χ4v) is 2.87. The van der Waals surface area contributed by atoms with Gasteiger partial charge in [0.2, 0.25) is 0 Å². The van der Waals surface area contributed by atoms with Crippen molar-refractivity contribution in [2.45, 2.75) is 51.9 Å². The third-order valence-electron chi connectivity index (χ3n) is 4.61. The Balaban J connectivity index is 1.89. The molecule has 0 aliphatic rings. The number of methoxy groups -OCH3 is 1. The molecule has 28 heavy (non-hydrogen) atoms. The van der Waals surface area contributed by atoms with Crippen molar-refractivity contribution >= 4 is 12.1 Å². The van der Waals surface area contributed by atoms with Gasteiger partial charge in [-0.25, -0.2) is 9.59 Å². The molecule has 2 aromatic rings. The van der Waals surface area contributed by atoms with Crippen molar-refractivity contribution in [2.24, 2.45) is 0 Å². The minimum Gasteiger partial charge on any atom is -0.437 e. The predicted molar refractivity (Wildman–Crippen MR) is 108 cm³/mol. The van der Waals surface area contributed by atoms with E-state index in [1.807, 2.05) is 24.3 Å². The van der Waals surface area contributed by atoms with E-state index in [1.54, 1.807) is 0 Å². The highest BCUT2D eigenvalue weighted by Gasteiger charge is 2.11. The first-order chi connectivity index (χ1) is 13.5. The quantitative estimate of drug-likeness (QED) is 0.225. The van der Waals surface area contributed by atoms with Gasteiger partial charge in [-0.15, -0.1) is 0 Å². The molecule has 0 amide bonds. The van der Waals surface area contributed by atoms with Crippen molar-refractivity contribution in [2.75, 3.05) is 7.11 Å². The number of unbranched alkanes of at least 4 members (excludes halogenated alkanes) is 3. The summed E-state index contributed by atoms with van der Waals surface area (Å²) in [6.45, 7) is 4.44. The molecule has 2 rings (SSSR count). The third-order valence-corrected chi connectivity index (χ3v) is 4.61. The molecule has 0 radical (unpaired) electrons. The van der Waals surface area contributed by atoms with Gasteiger partial charge in [0.1, 0.15) is 11.5 Å². The van der Waals surface area contributed by atoms with Crippen LogP contribution in [-0.4, -0.2) is 19.2 Å². The topological polar surface area (TPSA) is 61.8 Å². The van der Waals surface area contributed by atoms with Crippen molar-refractivity contribution in [1.82, 2.24) is 0 Å². The van der Waals surface area contributed by atoms with Gasteiger partial charge < -0.3 is 14.2 Å². The fourth-order valence-electron chi connectivity index (χ4n) is 2.87. The average Bonchev–Trinajstić information content (AvgIpc) is 2.72. The number of rotatable bonds is 9. The Kier molecular flexibility index (Phi) is 8.53. The Morgan fingerprint density at radius 1 is 0.857 bits per heavy atom. The summed E-state index contributed by atoms with van der Waals surface area (Å²) in [6, 6.07) is 13.8. The molecule has 0 saturated heterocycles. The smallest absolute Gasteiger partial charge is 0.437 e. The summed E-state index contributed by atoms with van der Waals surface area (Å²) in [5.41, 5.74) is 1.62. The van der Waals surface area contributed by atoms with Gasteiger partial charge in [0.25, 0.3) is 0 Å². The van der Waals surface area contributed by atoms with Crippen LogP contribution >= 0.6 is 0 Å². The molecule has 0 aliphatic carbocycles. The van der Waals surface area contributed by atoms with Crippen LogP contribution in [-0.2, 0) is 4.74 Å². The first-order valence-corrected chi connectivity index (χ1v) is 9.71. The van der Waals surface area contributed by atoms with Crippen LogP contribution < -0.4 is 9.47 Å². The molecule has 5 heteroatoms. The molecule has 0 bridgehead atoms. The summed E-state index contributed by atoms with van der Waals surface area (Å²) >= 11 is 0. The highest BCUT2D eigenvalue weighted by Crippen LogP contribution is 2.25. The van der Waals surface area contributed by atoms with E-state index in [0.717, 1.165) is 0 Å². The Labute approximate surface area is 166 Å². The SMILES string of the molecule is CCCCCCC(C)c1ccc(OC(=O)c2ccc(OC(=O)OC)cc2)cc1. The van der Waals surface area contributed by atoms with Gasteiger partial charge in [0.05, 0.1) is 12.7 Å². The number of hydrogen-bond acceptors (Lipinski definition) is 5. The molecular weight excluding hydrogens is 356 g/mol. The Hall–Kier alpha value is -2.82. The minimum atomic E-state index is -0.810. The van der Waals surface area contributed by atoms with E-state index in [4.69, 9.17) is 9.47 Å². The number of carbonyl (C=O) groups is 2. The maximum absolute atomic E-state index is 12.3. The van der Waals surface area contributed by atoms with E-state index in [1.165, 1.54) is 69.0 Å². The number of hydrogen-bond donors (Lipinski definition) is 0. The van der Waals surface area contributed by atoms with E-state index in [0.29, 0.717) is 23.0 Å². The summed E-state index contributed by atoms with van der Waals surface area (Å²) in [7, 11) is 1.23. The number of esters is 1. The molecule has 1 atom stereocenters. The van der Waals surface area contributed by atoms with E-state index < -0.39 is 12.1 Å². The van der Waals surface area contributed by atoms with Crippen LogP contribution in [0.1, 0.15) is 67.8 Å². The van der Waals surface area contributed by atoms with Gasteiger partial charge >= 0.3 is 12.1 Å². The molecule has 0 saturated carbocycles. The second kappa shape index (κ2) is 11.1. The van der Waals surface area contributed by atoms with Crippen molar-refractivity contribution in [3.05, 3.63) is 59.7 Å². The lowest BCUT2D eigenvalue weighted by Crippen LogP contribution is -2.10. The first kappa shape index (κ1) is 21.5. The van der Waals surface area contributed by atoms with Gasteiger partial charge in [-0.1, -0.05) is 51.7 Å². The predicted octanol–water partition coefficient (Wildman–Crippen LogP) is 6.12. The zero-order chi connectivity index (χ0) is 20.4. The number of ether oxygens (including phenoxy) is 3. The molecule has 2 aromatic carbocycles. The van der Waals surface area contributed by atoms with Gasteiger partial charge in [-0.3, -0.25) is 0 Å². The van der Waals surface area contributed by atoms with Crippen molar-refractivity contribution < 1.29 is 23.8 Å². The van der Waals surface area contributed by atoms with Crippen LogP contribution in [0.15, 0.2) is 48.5 Å². The zero-order valence-corrected chi connectivity index (χ0v) is 16.8. The lowest BCUT2D eigenvalue weighted by molar-refractivity contribution is 0.0734. The largest absolute Gasteiger partial charge is 0.513 e. The van der Waals surface area contributed by atoms with E-state index in [2.05, 4.69) is 18.6 Å². The fraction of sp³-hybridized carbons (Fsp3) is 0.391. The molecule has 0 spiro atoms. The summed E-state index contributed by atoms with van der Waals surface area (Å²) in [5.74, 6) is 0.816. The van der Waals surface area contributed by atoms with Gasteiger partial charge in [-0.05, 0) is 54.3 Å². The van der Waals surface area contributed by atoms with Crippen molar-refractivity contribution in [1.29, 1.82) is 0 Å². The average molecular weight is 384 g/mol. The van der Waals surface area contributed by atoms with Crippen LogP contribution in [0.25, 0.3) is 0 Å². The Bertz CT molecular complexity index is 750. The van der Waals surface area contributed by atoms with Crippen LogP contribution in [0.4, 0.5) is 4.79 Å². The highest BCUT2D eigenvalue weighted by molar-refractivity contribution is 5.91. The molecule has 0 N–H and O–H groups in total. The summed E-state index contributed by atoms with van der Waals surface area (Å²) in [4.78, 5) is 23.3. The monoisotopic (exact) mass is 384 g/mol. The lowest BCUT2D eigenvalue weighted by Gasteiger charge is -2.12. The lowest BCUT2D eigenvalue weighted by atomic mass is 9.95. The maximum Gasteiger partial charge on any atom is 0.513 e. The summed E-state index contributed by atoms with van der Waals surface area (Å²) in [6.07, 6.45) is 5.41. The molecule has 0 fully saturated rings. The minimum absolute atomic E-state index is 0.292. The van der Waals surface area contributed by atoms with Gasteiger partial charge in [0, 0.05) is 0 Å². The number of benzene rings is 2. The van der Waals surface area contributed by atoms with Crippen molar-refractivity contribution in [3.8, 4) is 11.5 Å². The summed E-state index contributed by atoms with van der Waals surface area (Å²) < 4.78 is 14.7. The zero-order valence-electron chi connectivity index (χ0n) is 16.8. The van der Waals surface area contributed by atoms with Crippen LogP contribution in [0.3, 0.4) is 0 Å². The number of carbonyl (C=O) groups excluding carboxylic acids is 2. The molecule has 5 nitrogen and oxygen atoms in total. The molecule has 0 aliphatic heterocycles. The second-order valence-corrected chi connectivity index (χ2v) is 6.79. The molecule has 0 heterocycles. The Morgan fingerprint density at radius 3 is 2.07 bits per heavy atom. The summed E-state index contributed by atoms with van der Waals surface area (Å²) in [5, 5.41) is 0. The molecular formula is C23H28O5. The Morgan fingerprint density at radius 2 is 1.46 bits per heavy atom. The van der Waals surface area contributed by atoms with E-state index >= 15 is 0 Å². The standard InChI is InChI=1S/C23H28O5/c1-4-5-6-7-8-17(2)18-9-13-20(14-10-18)27-22(24)19-11-15-21(16-12-19)28-23(25)26-3/h9-17H,4-8H2,1-3H3. The molecule has 1 unspecified atom stereocenters. The normalized spacial score (nSPS) is 11.5. The molecule has 150 valence electrons. The third kappa shape index (κ3) is 6.72. The van der Waals surface area contributed by atoms with Crippen LogP contribution in [0.2, 0.25) is 0 Å². The van der Waals surface area contributed by atoms with E-state index in [9.17, 15) is 9.59 Å². The van der Waals surface area contributed by atoms with E-state index in [-0.39, 0.29) is 0 Å².